The van der Waals surface area contributed by atoms with Crippen molar-refractivity contribution in [2.24, 2.45) is 5.92 Å². The van der Waals surface area contributed by atoms with Crippen LogP contribution in [0.15, 0.2) is 24.3 Å². The summed E-state index contributed by atoms with van der Waals surface area (Å²) in [7, 11) is 1.65. The summed E-state index contributed by atoms with van der Waals surface area (Å²) in [5.74, 6) is 1.67. The van der Waals surface area contributed by atoms with Gasteiger partial charge in [-0.3, -0.25) is 9.69 Å². The molecule has 0 saturated carbocycles. The van der Waals surface area contributed by atoms with E-state index < -0.39 is 0 Å². The predicted octanol–water partition coefficient (Wildman–Crippen LogP) is 2.05. The molecular weight excluding hydrogens is 326 g/mol. The fourth-order valence-corrected chi connectivity index (χ4v) is 2.94. The Balaban J connectivity index is 0.00000288. The van der Waals surface area contributed by atoms with E-state index >= 15 is 0 Å². The molecule has 1 saturated heterocycles. The fourth-order valence-electron chi connectivity index (χ4n) is 2.94. The van der Waals surface area contributed by atoms with E-state index in [1.165, 1.54) is 12.8 Å². The Hall–Kier alpha value is -1.30. The number of hydrogen-bond acceptors (Lipinski definition) is 4. The lowest BCUT2D eigenvalue weighted by Crippen LogP contribution is -2.42. The van der Waals surface area contributed by atoms with Crippen molar-refractivity contribution in [1.29, 1.82) is 0 Å². The SMILES string of the molecule is CCNCC1CCN(CC(=O)NCc2cccc(OC)c2)CC1.Cl. The molecular formula is C18H30ClN3O2. The number of nitrogens with one attached hydrogen (secondary N) is 2. The van der Waals surface area contributed by atoms with Crippen molar-refractivity contribution < 1.29 is 9.53 Å². The molecule has 2 rings (SSSR count). The minimum atomic E-state index is 0. The van der Waals surface area contributed by atoms with Crippen LogP contribution >= 0.6 is 12.4 Å². The molecule has 0 bridgehead atoms. The Morgan fingerprint density at radius 2 is 2.08 bits per heavy atom. The summed E-state index contributed by atoms with van der Waals surface area (Å²) < 4.78 is 5.20. The lowest BCUT2D eigenvalue weighted by Gasteiger charge is -2.31. The van der Waals surface area contributed by atoms with E-state index in [-0.39, 0.29) is 18.3 Å². The van der Waals surface area contributed by atoms with Gasteiger partial charge in [-0.15, -0.1) is 12.4 Å². The summed E-state index contributed by atoms with van der Waals surface area (Å²) in [5.41, 5.74) is 1.06. The highest BCUT2D eigenvalue weighted by atomic mass is 35.5. The first-order chi connectivity index (χ1) is 11.2. The van der Waals surface area contributed by atoms with Crippen LogP contribution in [0, 0.1) is 5.92 Å². The molecule has 0 radical (unpaired) electrons. The number of carbonyl (C=O) groups is 1. The molecule has 6 heteroatoms. The first kappa shape index (κ1) is 20.7. The standard InChI is InChI=1S/C18H29N3O2.ClH/c1-3-19-12-15-7-9-21(10-8-15)14-18(22)20-13-16-5-4-6-17(11-16)23-2;/h4-6,11,15,19H,3,7-10,12-14H2,1-2H3,(H,20,22);1H. The van der Waals surface area contributed by atoms with Gasteiger partial charge < -0.3 is 15.4 Å². The van der Waals surface area contributed by atoms with Gasteiger partial charge in [-0.1, -0.05) is 19.1 Å². The lowest BCUT2D eigenvalue weighted by atomic mass is 9.97. The molecule has 136 valence electrons. The maximum absolute atomic E-state index is 12.1. The molecule has 1 aliphatic rings. The summed E-state index contributed by atoms with van der Waals surface area (Å²) in [6, 6.07) is 7.79. The van der Waals surface area contributed by atoms with E-state index in [2.05, 4.69) is 22.5 Å². The number of nitrogens with zero attached hydrogens (tertiary/aromatic N) is 1. The van der Waals surface area contributed by atoms with Gasteiger partial charge in [0.15, 0.2) is 0 Å². The Labute approximate surface area is 151 Å². The molecule has 1 aromatic rings. The number of likely N-dealkylation sites (tertiary alicyclic amines) is 1. The Morgan fingerprint density at radius 3 is 2.75 bits per heavy atom. The molecule has 0 aromatic heterocycles. The minimum absolute atomic E-state index is 0. The predicted molar refractivity (Wildman–Crippen MR) is 99.8 cm³/mol. The van der Waals surface area contributed by atoms with Crippen LogP contribution in [0.1, 0.15) is 25.3 Å². The van der Waals surface area contributed by atoms with Crippen LogP contribution in [-0.4, -0.2) is 50.6 Å². The third-order valence-electron chi connectivity index (χ3n) is 4.38. The molecule has 2 N–H and O–H groups in total. The average molecular weight is 356 g/mol. The molecule has 1 aromatic carbocycles. The highest BCUT2D eigenvalue weighted by molar-refractivity contribution is 5.85. The van der Waals surface area contributed by atoms with Crippen molar-refractivity contribution in [2.45, 2.75) is 26.3 Å². The molecule has 1 heterocycles. The van der Waals surface area contributed by atoms with Crippen LogP contribution in [0.4, 0.5) is 0 Å². The number of hydrogen-bond donors (Lipinski definition) is 2. The molecule has 0 unspecified atom stereocenters. The smallest absolute Gasteiger partial charge is 0.234 e. The maximum atomic E-state index is 12.1. The number of ether oxygens (including phenoxy) is 1. The van der Waals surface area contributed by atoms with E-state index in [0.717, 1.165) is 43.4 Å². The maximum Gasteiger partial charge on any atom is 0.234 e. The highest BCUT2D eigenvalue weighted by Crippen LogP contribution is 2.16. The Morgan fingerprint density at radius 1 is 1.33 bits per heavy atom. The third-order valence-corrected chi connectivity index (χ3v) is 4.38. The minimum Gasteiger partial charge on any atom is -0.497 e. The quantitative estimate of drug-likeness (QED) is 0.749. The van der Waals surface area contributed by atoms with Gasteiger partial charge >= 0.3 is 0 Å². The van der Waals surface area contributed by atoms with Crippen molar-refractivity contribution in [2.75, 3.05) is 39.8 Å². The molecule has 1 aliphatic heterocycles. The van der Waals surface area contributed by atoms with E-state index in [1.807, 2.05) is 24.3 Å². The van der Waals surface area contributed by atoms with Crippen LogP contribution in [0.25, 0.3) is 0 Å². The normalized spacial score (nSPS) is 15.6. The van der Waals surface area contributed by atoms with Gasteiger partial charge in [0.25, 0.3) is 0 Å². The van der Waals surface area contributed by atoms with Crippen LogP contribution in [0.3, 0.4) is 0 Å². The van der Waals surface area contributed by atoms with Gasteiger partial charge in [-0.25, -0.2) is 0 Å². The number of methoxy groups -OCH3 is 1. The second-order valence-corrected chi connectivity index (χ2v) is 6.16. The van der Waals surface area contributed by atoms with Crippen molar-refractivity contribution in [3.8, 4) is 5.75 Å². The first-order valence-corrected chi connectivity index (χ1v) is 8.54. The monoisotopic (exact) mass is 355 g/mol. The zero-order chi connectivity index (χ0) is 16.5. The van der Waals surface area contributed by atoms with Gasteiger partial charge in [0.05, 0.1) is 13.7 Å². The number of amides is 1. The first-order valence-electron chi connectivity index (χ1n) is 8.54. The molecule has 24 heavy (non-hydrogen) atoms. The summed E-state index contributed by atoms with van der Waals surface area (Å²) in [5, 5.41) is 6.41. The molecule has 1 fully saturated rings. The number of piperidine rings is 1. The van der Waals surface area contributed by atoms with Crippen LogP contribution in [0.5, 0.6) is 5.75 Å². The van der Waals surface area contributed by atoms with Crippen LogP contribution in [0.2, 0.25) is 0 Å². The summed E-state index contributed by atoms with van der Waals surface area (Å²) in [4.78, 5) is 14.3. The van der Waals surface area contributed by atoms with E-state index in [4.69, 9.17) is 4.74 Å². The van der Waals surface area contributed by atoms with Crippen molar-refractivity contribution in [3.05, 3.63) is 29.8 Å². The summed E-state index contributed by atoms with van der Waals surface area (Å²) in [6.07, 6.45) is 2.35. The second kappa shape index (κ2) is 11.3. The fraction of sp³-hybridized carbons (Fsp3) is 0.611. The van der Waals surface area contributed by atoms with Gasteiger partial charge in [0.2, 0.25) is 5.91 Å². The van der Waals surface area contributed by atoms with Gasteiger partial charge in [-0.2, -0.15) is 0 Å². The van der Waals surface area contributed by atoms with Crippen LogP contribution in [-0.2, 0) is 11.3 Å². The number of carbonyl (C=O) groups excluding carboxylic acids is 1. The van der Waals surface area contributed by atoms with Crippen molar-refractivity contribution in [3.63, 3.8) is 0 Å². The highest BCUT2D eigenvalue weighted by Gasteiger charge is 2.20. The Bertz CT molecular complexity index is 491. The van der Waals surface area contributed by atoms with Gasteiger partial charge in [-0.05, 0) is 62.6 Å². The van der Waals surface area contributed by atoms with Crippen molar-refractivity contribution in [1.82, 2.24) is 15.5 Å². The number of halogens is 1. The zero-order valence-corrected chi connectivity index (χ0v) is 15.5. The Kier molecular flexibility index (Phi) is 9.76. The molecule has 0 aliphatic carbocycles. The molecule has 5 nitrogen and oxygen atoms in total. The summed E-state index contributed by atoms with van der Waals surface area (Å²) >= 11 is 0. The van der Waals surface area contributed by atoms with E-state index in [1.54, 1.807) is 7.11 Å². The van der Waals surface area contributed by atoms with Gasteiger partial charge in [0, 0.05) is 6.54 Å². The largest absolute Gasteiger partial charge is 0.497 e. The third kappa shape index (κ3) is 7.07. The van der Waals surface area contributed by atoms with E-state index in [9.17, 15) is 4.79 Å². The summed E-state index contributed by atoms with van der Waals surface area (Å²) in [6.45, 7) is 7.36. The molecule has 0 spiro atoms. The van der Waals surface area contributed by atoms with Crippen LogP contribution < -0.4 is 15.4 Å². The number of benzene rings is 1. The van der Waals surface area contributed by atoms with Crippen molar-refractivity contribution >= 4 is 18.3 Å². The molecule has 1 amide bonds. The van der Waals surface area contributed by atoms with Gasteiger partial charge in [0.1, 0.15) is 5.75 Å². The molecule has 0 atom stereocenters. The average Bonchev–Trinajstić information content (AvgIpc) is 2.59. The second-order valence-electron chi connectivity index (χ2n) is 6.16. The number of rotatable bonds is 8. The van der Waals surface area contributed by atoms with E-state index in [0.29, 0.717) is 13.1 Å². The lowest BCUT2D eigenvalue weighted by molar-refractivity contribution is -0.122. The topological polar surface area (TPSA) is 53.6 Å². The zero-order valence-electron chi connectivity index (χ0n) is 14.7.